The van der Waals surface area contributed by atoms with Gasteiger partial charge in [0.15, 0.2) is 17.5 Å². The van der Waals surface area contributed by atoms with Gasteiger partial charge in [-0.05, 0) is 18.8 Å². The van der Waals surface area contributed by atoms with E-state index in [1.54, 1.807) is 0 Å². The van der Waals surface area contributed by atoms with Crippen molar-refractivity contribution >= 4 is 23.1 Å². The predicted molar refractivity (Wildman–Crippen MR) is 73.1 cm³/mol. The molecule has 0 unspecified atom stereocenters. The van der Waals surface area contributed by atoms with Gasteiger partial charge in [-0.1, -0.05) is 11.6 Å². The van der Waals surface area contributed by atoms with E-state index in [1.165, 1.54) is 6.07 Å². The van der Waals surface area contributed by atoms with E-state index in [9.17, 15) is 13.2 Å². The zero-order valence-electron chi connectivity index (χ0n) is 10.8. The summed E-state index contributed by atoms with van der Waals surface area (Å²) in [5.74, 6) is -2.56. The van der Waals surface area contributed by atoms with Crippen molar-refractivity contribution < 1.29 is 13.2 Å². The Labute approximate surface area is 124 Å². The van der Waals surface area contributed by atoms with Crippen LogP contribution in [0.15, 0.2) is 18.2 Å². The highest BCUT2D eigenvalue weighted by atomic mass is 35.5. The van der Waals surface area contributed by atoms with Crippen molar-refractivity contribution in [2.45, 2.75) is 19.3 Å². The van der Waals surface area contributed by atoms with E-state index in [1.807, 2.05) is 0 Å². The second kappa shape index (κ2) is 5.52. The molecule has 21 heavy (non-hydrogen) atoms. The topological polar surface area (TPSA) is 37.8 Å². The van der Waals surface area contributed by atoms with E-state index >= 15 is 0 Å². The Morgan fingerprint density at radius 1 is 1.10 bits per heavy atom. The van der Waals surface area contributed by atoms with Crippen LogP contribution in [0.3, 0.4) is 0 Å². The van der Waals surface area contributed by atoms with Gasteiger partial charge in [0.2, 0.25) is 0 Å². The molecular weight excluding hydrogens is 303 g/mol. The molecule has 1 aromatic heterocycles. The molecule has 0 atom stereocenters. The molecule has 1 aromatic carbocycles. The molecule has 1 aliphatic rings. The SMILES string of the molecule is Fc1cc(Nc2cc(Cl)nc(CC3CC3)n2)cc(F)c1F. The number of anilines is 2. The molecule has 3 nitrogen and oxygen atoms in total. The highest BCUT2D eigenvalue weighted by molar-refractivity contribution is 6.29. The van der Waals surface area contributed by atoms with Gasteiger partial charge in [0, 0.05) is 30.3 Å². The highest BCUT2D eigenvalue weighted by Crippen LogP contribution is 2.32. The van der Waals surface area contributed by atoms with Crippen LogP contribution < -0.4 is 5.32 Å². The molecular formula is C14H11ClF3N3. The number of nitrogens with one attached hydrogen (secondary N) is 1. The van der Waals surface area contributed by atoms with Crippen molar-refractivity contribution in [3.63, 3.8) is 0 Å². The molecule has 0 amide bonds. The summed E-state index contributed by atoms with van der Waals surface area (Å²) in [6.45, 7) is 0. The third-order valence-electron chi connectivity index (χ3n) is 3.17. The van der Waals surface area contributed by atoms with Gasteiger partial charge in [0.25, 0.3) is 0 Å². The van der Waals surface area contributed by atoms with Gasteiger partial charge in [-0.25, -0.2) is 23.1 Å². The van der Waals surface area contributed by atoms with Gasteiger partial charge < -0.3 is 5.32 Å². The first-order valence-corrected chi connectivity index (χ1v) is 6.84. The lowest BCUT2D eigenvalue weighted by Gasteiger charge is -2.08. The van der Waals surface area contributed by atoms with Crippen molar-refractivity contribution in [3.8, 4) is 0 Å². The van der Waals surface area contributed by atoms with Crippen LogP contribution in [0.25, 0.3) is 0 Å². The van der Waals surface area contributed by atoms with E-state index in [-0.39, 0.29) is 10.8 Å². The first kappa shape index (κ1) is 14.1. The van der Waals surface area contributed by atoms with E-state index in [4.69, 9.17) is 11.6 Å². The van der Waals surface area contributed by atoms with Crippen molar-refractivity contribution in [2.75, 3.05) is 5.32 Å². The van der Waals surface area contributed by atoms with Crippen LogP contribution >= 0.6 is 11.6 Å². The maximum absolute atomic E-state index is 13.2. The smallest absolute Gasteiger partial charge is 0.194 e. The Balaban J connectivity index is 1.85. The molecule has 0 radical (unpaired) electrons. The Morgan fingerprint density at radius 3 is 2.38 bits per heavy atom. The van der Waals surface area contributed by atoms with E-state index in [0.717, 1.165) is 31.4 Å². The van der Waals surface area contributed by atoms with Gasteiger partial charge in [0.1, 0.15) is 16.8 Å². The van der Waals surface area contributed by atoms with Crippen molar-refractivity contribution in [3.05, 3.63) is 46.6 Å². The molecule has 1 aliphatic carbocycles. The van der Waals surface area contributed by atoms with Crippen molar-refractivity contribution in [2.24, 2.45) is 5.92 Å². The molecule has 1 N–H and O–H groups in total. The minimum atomic E-state index is -1.50. The minimum Gasteiger partial charge on any atom is -0.340 e. The standard InChI is InChI=1S/C14H11ClF3N3/c15-11-6-13(21-12(20-11)3-7-1-2-7)19-8-4-9(16)14(18)10(17)5-8/h4-7H,1-3H2,(H,19,20,21). The number of rotatable bonds is 4. The average molecular weight is 314 g/mol. The summed E-state index contributed by atoms with van der Waals surface area (Å²) in [4.78, 5) is 8.36. The molecule has 1 saturated carbocycles. The Kier molecular flexibility index (Phi) is 3.71. The molecule has 1 fully saturated rings. The van der Waals surface area contributed by atoms with Crippen LogP contribution in [0.2, 0.25) is 5.15 Å². The number of halogens is 4. The van der Waals surface area contributed by atoms with Gasteiger partial charge in [-0.15, -0.1) is 0 Å². The summed E-state index contributed by atoms with van der Waals surface area (Å²) < 4.78 is 39.2. The van der Waals surface area contributed by atoms with Crippen molar-refractivity contribution in [1.29, 1.82) is 0 Å². The van der Waals surface area contributed by atoms with E-state index in [2.05, 4.69) is 15.3 Å². The molecule has 110 valence electrons. The normalized spacial score (nSPS) is 14.3. The van der Waals surface area contributed by atoms with Crippen LogP contribution in [0.5, 0.6) is 0 Å². The molecule has 2 aromatic rings. The number of hydrogen-bond acceptors (Lipinski definition) is 3. The third kappa shape index (κ3) is 3.44. The summed E-state index contributed by atoms with van der Waals surface area (Å²) in [7, 11) is 0. The third-order valence-corrected chi connectivity index (χ3v) is 3.36. The molecule has 3 rings (SSSR count). The lowest BCUT2D eigenvalue weighted by molar-refractivity contribution is 0.448. The van der Waals surface area contributed by atoms with Gasteiger partial charge >= 0.3 is 0 Å². The Bertz CT molecular complexity index is 666. The van der Waals surface area contributed by atoms with E-state index in [0.29, 0.717) is 17.6 Å². The maximum Gasteiger partial charge on any atom is 0.194 e. The molecule has 0 aliphatic heterocycles. The van der Waals surface area contributed by atoms with Crippen molar-refractivity contribution in [1.82, 2.24) is 9.97 Å². The Hall–Kier alpha value is -1.82. The Morgan fingerprint density at radius 2 is 1.76 bits per heavy atom. The van der Waals surface area contributed by atoms with Crippen LogP contribution in [0.1, 0.15) is 18.7 Å². The second-order valence-corrected chi connectivity index (χ2v) is 5.41. The molecule has 0 saturated heterocycles. The number of benzene rings is 1. The fourth-order valence-electron chi connectivity index (χ4n) is 1.98. The van der Waals surface area contributed by atoms with Gasteiger partial charge in [-0.2, -0.15) is 0 Å². The fraction of sp³-hybridized carbons (Fsp3) is 0.286. The molecule has 0 bridgehead atoms. The summed E-state index contributed by atoms with van der Waals surface area (Å²) in [5, 5.41) is 2.95. The second-order valence-electron chi connectivity index (χ2n) is 5.02. The van der Waals surface area contributed by atoms with Crippen LogP contribution in [0, 0.1) is 23.4 Å². The first-order chi connectivity index (χ1) is 10.0. The minimum absolute atomic E-state index is 0.0542. The van der Waals surface area contributed by atoms with Gasteiger partial charge in [0.05, 0.1) is 0 Å². The highest BCUT2D eigenvalue weighted by Gasteiger charge is 2.23. The lowest BCUT2D eigenvalue weighted by Crippen LogP contribution is -2.03. The molecule has 1 heterocycles. The number of hydrogen-bond donors (Lipinski definition) is 1. The zero-order chi connectivity index (χ0) is 15.0. The monoisotopic (exact) mass is 313 g/mol. The van der Waals surface area contributed by atoms with Crippen LogP contribution in [-0.2, 0) is 6.42 Å². The first-order valence-electron chi connectivity index (χ1n) is 6.46. The molecule has 7 heteroatoms. The quantitative estimate of drug-likeness (QED) is 0.677. The number of nitrogens with zero attached hydrogens (tertiary/aromatic N) is 2. The zero-order valence-corrected chi connectivity index (χ0v) is 11.6. The lowest BCUT2D eigenvalue weighted by atomic mass is 10.2. The molecule has 0 spiro atoms. The number of aromatic nitrogens is 2. The summed E-state index contributed by atoms with van der Waals surface area (Å²) >= 11 is 5.91. The largest absolute Gasteiger partial charge is 0.340 e. The fourth-order valence-corrected chi connectivity index (χ4v) is 2.18. The maximum atomic E-state index is 13.2. The summed E-state index contributed by atoms with van der Waals surface area (Å²) in [6, 6.07) is 3.15. The van der Waals surface area contributed by atoms with Crippen LogP contribution in [-0.4, -0.2) is 9.97 Å². The van der Waals surface area contributed by atoms with E-state index < -0.39 is 17.5 Å². The summed E-state index contributed by atoms with van der Waals surface area (Å²) in [6.07, 6.45) is 3.02. The van der Waals surface area contributed by atoms with Gasteiger partial charge in [-0.3, -0.25) is 0 Å². The average Bonchev–Trinajstić information content (AvgIpc) is 3.19. The predicted octanol–water partition coefficient (Wildman–Crippen LogP) is 4.24. The summed E-state index contributed by atoms with van der Waals surface area (Å²) in [5.41, 5.74) is 0.0542. The van der Waals surface area contributed by atoms with Crippen LogP contribution in [0.4, 0.5) is 24.7 Å².